The molecule has 0 bridgehead atoms. The van der Waals surface area contributed by atoms with Crippen LogP contribution in [0.5, 0.6) is 0 Å². The molecule has 4 nitrogen and oxygen atoms in total. The lowest BCUT2D eigenvalue weighted by Crippen LogP contribution is -2.32. The minimum absolute atomic E-state index is 0.0664. The first-order chi connectivity index (χ1) is 6.45. The van der Waals surface area contributed by atoms with Crippen molar-refractivity contribution in [3.05, 3.63) is 12.2 Å². The highest BCUT2D eigenvalue weighted by Crippen LogP contribution is 1.92. The number of hydrogen-bond donors (Lipinski definition) is 1. The van der Waals surface area contributed by atoms with Crippen LogP contribution in [0.1, 0.15) is 13.8 Å². The molecule has 0 radical (unpaired) electrons. The van der Waals surface area contributed by atoms with Crippen LogP contribution in [-0.4, -0.2) is 44.3 Å². The van der Waals surface area contributed by atoms with Crippen molar-refractivity contribution in [1.29, 1.82) is 0 Å². The predicted octanol–water partition coefficient (Wildman–Crippen LogP) is 0.603. The third-order valence-electron chi connectivity index (χ3n) is 1.86. The number of nitrogens with one attached hydrogen (secondary N) is 1. The quantitative estimate of drug-likeness (QED) is 0.388. The Bertz CT molecular complexity index is 202. The van der Waals surface area contributed by atoms with Crippen molar-refractivity contribution in [2.24, 2.45) is 0 Å². The van der Waals surface area contributed by atoms with Crippen LogP contribution in [-0.2, 0) is 9.53 Å². The second-order valence-corrected chi connectivity index (χ2v) is 3.47. The Morgan fingerprint density at radius 3 is 2.57 bits per heavy atom. The first kappa shape index (κ1) is 13.1. The van der Waals surface area contributed by atoms with Gasteiger partial charge in [0, 0.05) is 12.1 Å². The average molecular weight is 200 g/mol. The molecule has 0 spiro atoms. The van der Waals surface area contributed by atoms with Gasteiger partial charge in [-0.3, -0.25) is 9.69 Å². The number of hydrogen-bond acceptors (Lipinski definition) is 3. The molecule has 0 aromatic rings. The van der Waals surface area contributed by atoms with E-state index in [0.29, 0.717) is 18.7 Å². The Hall–Kier alpha value is -0.870. The van der Waals surface area contributed by atoms with Gasteiger partial charge in [0.05, 0.1) is 6.61 Å². The minimum atomic E-state index is -0.119. The number of amides is 1. The van der Waals surface area contributed by atoms with Crippen molar-refractivity contribution in [2.75, 3.05) is 27.2 Å². The second-order valence-electron chi connectivity index (χ2n) is 3.47. The first-order valence-corrected chi connectivity index (χ1v) is 4.67. The third-order valence-corrected chi connectivity index (χ3v) is 1.86. The average Bonchev–Trinajstić information content (AvgIpc) is 2.11. The molecule has 1 atom stereocenters. The maximum Gasteiger partial charge on any atom is 0.246 e. The Labute approximate surface area is 85.9 Å². The molecule has 0 aliphatic rings. The fourth-order valence-corrected chi connectivity index (χ4v) is 0.694. The highest BCUT2D eigenvalue weighted by atomic mass is 16.5. The summed E-state index contributed by atoms with van der Waals surface area (Å²) >= 11 is 0. The van der Waals surface area contributed by atoms with E-state index in [2.05, 4.69) is 11.9 Å². The molecule has 0 rings (SSSR count). The van der Waals surface area contributed by atoms with Crippen LogP contribution in [0.15, 0.2) is 12.2 Å². The van der Waals surface area contributed by atoms with Gasteiger partial charge in [0.15, 0.2) is 0 Å². The van der Waals surface area contributed by atoms with Crippen molar-refractivity contribution in [3.8, 4) is 0 Å². The largest absolute Gasteiger partial charge is 0.362 e. The summed E-state index contributed by atoms with van der Waals surface area (Å²) in [6.45, 7) is 8.20. The summed E-state index contributed by atoms with van der Waals surface area (Å²) in [5.41, 5.74) is 0.519. The van der Waals surface area contributed by atoms with E-state index in [1.54, 1.807) is 6.92 Å². The molecule has 0 aliphatic carbocycles. The molecule has 0 heterocycles. The van der Waals surface area contributed by atoms with Gasteiger partial charge in [0.2, 0.25) is 5.91 Å². The maximum absolute atomic E-state index is 11.0. The monoisotopic (exact) mass is 200 g/mol. The van der Waals surface area contributed by atoms with E-state index < -0.39 is 0 Å². The molecule has 0 fully saturated rings. The normalized spacial score (nSPS) is 12.6. The van der Waals surface area contributed by atoms with Crippen molar-refractivity contribution in [2.45, 2.75) is 20.1 Å². The lowest BCUT2D eigenvalue weighted by atomic mass is 10.3. The summed E-state index contributed by atoms with van der Waals surface area (Å²) in [5, 5.41) is 2.69. The Morgan fingerprint density at radius 2 is 2.14 bits per heavy atom. The summed E-state index contributed by atoms with van der Waals surface area (Å²) in [6.07, 6.45) is 0.0664. The van der Waals surface area contributed by atoms with Crippen LogP contribution in [0.2, 0.25) is 0 Å². The van der Waals surface area contributed by atoms with Crippen LogP contribution in [0, 0.1) is 0 Å². The van der Waals surface area contributed by atoms with Crippen LogP contribution < -0.4 is 5.32 Å². The lowest BCUT2D eigenvalue weighted by molar-refractivity contribution is -0.118. The van der Waals surface area contributed by atoms with E-state index in [1.807, 2.05) is 25.9 Å². The van der Waals surface area contributed by atoms with E-state index in [-0.39, 0.29) is 12.1 Å². The van der Waals surface area contributed by atoms with Gasteiger partial charge >= 0.3 is 0 Å². The second kappa shape index (κ2) is 6.56. The Balaban J connectivity index is 3.47. The smallest absolute Gasteiger partial charge is 0.246 e. The van der Waals surface area contributed by atoms with Crippen LogP contribution in [0.3, 0.4) is 0 Å². The molecule has 82 valence electrons. The van der Waals surface area contributed by atoms with Gasteiger partial charge in [0.25, 0.3) is 0 Å². The first-order valence-electron chi connectivity index (χ1n) is 4.67. The van der Waals surface area contributed by atoms with Gasteiger partial charge in [-0.05, 0) is 27.9 Å². The van der Waals surface area contributed by atoms with Gasteiger partial charge in [0.1, 0.15) is 6.23 Å². The molecule has 0 aromatic carbocycles. The van der Waals surface area contributed by atoms with Crippen molar-refractivity contribution >= 4 is 5.91 Å². The van der Waals surface area contributed by atoms with Gasteiger partial charge in [-0.25, -0.2) is 0 Å². The van der Waals surface area contributed by atoms with E-state index in [1.165, 1.54) is 0 Å². The third kappa shape index (κ3) is 5.72. The number of ether oxygens (including phenoxy) is 1. The summed E-state index contributed by atoms with van der Waals surface area (Å²) in [5.74, 6) is -0.119. The molecule has 1 unspecified atom stereocenters. The molecule has 1 N–H and O–H groups in total. The lowest BCUT2D eigenvalue weighted by Gasteiger charge is -2.20. The van der Waals surface area contributed by atoms with Gasteiger partial charge < -0.3 is 10.1 Å². The number of nitrogens with zero attached hydrogens (tertiary/aromatic N) is 1. The maximum atomic E-state index is 11.0. The molecule has 0 saturated heterocycles. The summed E-state index contributed by atoms with van der Waals surface area (Å²) < 4.78 is 5.42. The van der Waals surface area contributed by atoms with Gasteiger partial charge in [-0.15, -0.1) is 0 Å². The van der Waals surface area contributed by atoms with E-state index in [0.717, 1.165) is 0 Å². The number of rotatable bonds is 6. The number of carbonyl (C=O) groups excluding carboxylic acids is 1. The minimum Gasteiger partial charge on any atom is -0.362 e. The molecular weight excluding hydrogens is 180 g/mol. The SMILES string of the molecule is C=C(C)C(=O)NCCOC(C)N(C)C. The van der Waals surface area contributed by atoms with Crippen LogP contribution >= 0.6 is 0 Å². The fraction of sp³-hybridized carbons (Fsp3) is 0.700. The summed E-state index contributed by atoms with van der Waals surface area (Å²) in [4.78, 5) is 13.0. The van der Waals surface area contributed by atoms with E-state index >= 15 is 0 Å². The molecule has 0 aliphatic heterocycles. The molecular formula is C10H20N2O2. The molecule has 14 heavy (non-hydrogen) atoms. The van der Waals surface area contributed by atoms with Crippen molar-refractivity contribution in [1.82, 2.24) is 10.2 Å². The van der Waals surface area contributed by atoms with Crippen LogP contribution in [0.4, 0.5) is 0 Å². The predicted molar refractivity (Wildman–Crippen MR) is 56.9 cm³/mol. The van der Waals surface area contributed by atoms with E-state index in [4.69, 9.17) is 4.74 Å². The van der Waals surface area contributed by atoms with Crippen molar-refractivity contribution in [3.63, 3.8) is 0 Å². The van der Waals surface area contributed by atoms with E-state index in [9.17, 15) is 4.79 Å². The molecule has 1 amide bonds. The fourth-order valence-electron chi connectivity index (χ4n) is 0.694. The zero-order valence-electron chi connectivity index (χ0n) is 9.46. The zero-order chi connectivity index (χ0) is 11.1. The zero-order valence-corrected chi connectivity index (χ0v) is 9.46. The van der Waals surface area contributed by atoms with Crippen molar-refractivity contribution < 1.29 is 9.53 Å². The molecule has 0 aromatic heterocycles. The summed E-state index contributed by atoms with van der Waals surface area (Å²) in [7, 11) is 3.88. The Kier molecular flexibility index (Phi) is 6.16. The van der Waals surface area contributed by atoms with Gasteiger partial charge in [-0.1, -0.05) is 6.58 Å². The summed E-state index contributed by atoms with van der Waals surface area (Å²) in [6, 6.07) is 0. The van der Waals surface area contributed by atoms with Gasteiger partial charge in [-0.2, -0.15) is 0 Å². The number of carbonyl (C=O) groups is 1. The topological polar surface area (TPSA) is 41.6 Å². The highest BCUT2D eigenvalue weighted by molar-refractivity contribution is 5.91. The molecule has 0 saturated carbocycles. The standard InChI is InChI=1S/C10H20N2O2/c1-8(2)10(13)11-6-7-14-9(3)12(4)5/h9H,1,6-7H2,2-5H3,(H,11,13). The highest BCUT2D eigenvalue weighted by Gasteiger charge is 2.04. The Morgan fingerprint density at radius 1 is 1.57 bits per heavy atom. The van der Waals surface area contributed by atoms with Crippen LogP contribution in [0.25, 0.3) is 0 Å². The molecule has 4 heteroatoms.